The number of esters is 1. The maximum atomic E-state index is 13.6. The van der Waals surface area contributed by atoms with Gasteiger partial charge in [0.05, 0.1) is 21.7 Å². The van der Waals surface area contributed by atoms with Crippen LogP contribution >= 0.6 is 11.3 Å². The summed E-state index contributed by atoms with van der Waals surface area (Å²) in [5.41, 5.74) is 0.355. The second kappa shape index (κ2) is 9.27. The molecule has 156 valence electrons. The molecule has 0 bridgehead atoms. The molecule has 0 aliphatic carbocycles. The summed E-state index contributed by atoms with van der Waals surface area (Å²) in [5, 5.41) is 11.0. The molecule has 0 atom stereocenters. The molecule has 0 spiro atoms. The fraction of sp³-hybridized carbons (Fsp3) is 0.211. The lowest BCUT2D eigenvalue weighted by Gasteiger charge is -2.05. The molecule has 1 heterocycles. The highest BCUT2D eigenvalue weighted by Crippen LogP contribution is 2.23. The van der Waals surface area contributed by atoms with Gasteiger partial charge in [0.1, 0.15) is 6.54 Å². The first kappa shape index (κ1) is 21.1. The highest BCUT2D eigenvalue weighted by molar-refractivity contribution is 7.16. The van der Waals surface area contributed by atoms with Crippen molar-refractivity contribution in [3.63, 3.8) is 0 Å². The fourth-order valence-electron chi connectivity index (χ4n) is 2.59. The topological polar surface area (TPSA) is 113 Å². The molecule has 9 nitrogen and oxygen atoms in total. The number of rotatable bonds is 7. The molecule has 0 fully saturated rings. The second-order valence-electron chi connectivity index (χ2n) is 5.91. The summed E-state index contributed by atoms with van der Waals surface area (Å²) in [7, 11) is 0. The van der Waals surface area contributed by atoms with Gasteiger partial charge in [-0.25, -0.2) is 4.39 Å². The number of fused-ring (bicyclic) bond motifs is 1. The molecule has 0 unspecified atom stereocenters. The number of thiazole rings is 1. The third-order valence-electron chi connectivity index (χ3n) is 3.88. The van der Waals surface area contributed by atoms with Crippen molar-refractivity contribution in [2.75, 3.05) is 13.2 Å². The first-order valence-electron chi connectivity index (χ1n) is 8.77. The summed E-state index contributed by atoms with van der Waals surface area (Å²) in [4.78, 5) is 38.8. The fourth-order valence-corrected chi connectivity index (χ4v) is 3.67. The largest absolute Gasteiger partial charge is 0.481 e. The van der Waals surface area contributed by atoms with Gasteiger partial charge in [-0.15, -0.1) is 0 Å². The molecule has 3 rings (SSSR count). The normalized spacial score (nSPS) is 11.5. The number of hydrogen-bond acceptors (Lipinski definition) is 7. The molecular weight excluding hydrogens is 417 g/mol. The van der Waals surface area contributed by atoms with Crippen LogP contribution in [0.15, 0.2) is 47.5 Å². The summed E-state index contributed by atoms with van der Waals surface area (Å²) >= 11 is 1.00. The molecule has 0 aliphatic rings. The van der Waals surface area contributed by atoms with E-state index in [1.165, 1.54) is 41.0 Å². The number of non-ortho nitro benzene ring substituents is 1. The van der Waals surface area contributed by atoms with Crippen LogP contribution in [0.4, 0.5) is 10.1 Å². The third-order valence-corrected chi connectivity index (χ3v) is 4.92. The Hall–Kier alpha value is -3.60. The maximum absolute atomic E-state index is 13.6. The Labute approximate surface area is 173 Å². The van der Waals surface area contributed by atoms with Crippen LogP contribution in [0.25, 0.3) is 10.2 Å². The Bertz CT molecular complexity index is 1190. The lowest BCUT2D eigenvalue weighted by molar-refractivity contribution is -0.384. The lowest BCUT2D eigenvalue weighted by atomic mass is 10.3. The lowest BCUT2D eigenvalue weighted by Crippen LogP contribution is -2.24. The maximum Gasteiger partial charge on any atom is 0.326 e. The number of ether oxygens (including phenoxy) is 2. The Kier molecular flexibility index (Phi) is 6.52. The van der Waals surface area contributed by atoms with Gasteiger partial charge in [-0.2, -0.15) is 4.99 Å². The van der Waals surface area contributed by atoms with Crippen molar-refractivity contribution in [2.24, 2.45) is 4.99 Å². The first-order valence-corrected chi connectivity index (χ1v) is 9.59. The van der Waals surface area contributed by atoms with E-state index in [-0.39, 0.29) is 29.4 Å². The van der Waals surface area contributed by atoms with E-state index in [1.54, 1.807) is 13.0 Å². The molecule has 0 aliphatic heterocycles. The van der Waals surface area contributed by atoms with Crippen LogP contribution in [-0.2, 0) is 20.9 Å². The Balaban J connectivity index is 1.95. The molecule has 30 heavy (non-hydrogen) atoms. The number of hydrogen-bond donors (Lipinski definition) is 0. The highest BCUT2D eigenvalue weighted by atomic mass is 32.1. The van der Waals surface area contributed by atoms with Crippen LogP contribution in [0.3, 0.4) is 0 Å². The van der Waals surface area contributed by atoms with Gasteiger partial charge in [0, 0.05) is 12.1 Å². The molecule has 11 heteroatoms. The van der Waals surface area contributed by atoms with Crippen molar-refractivity contribution in [3.05, 3.63) is 63.2 Å². The average Bonchev–Trinajstić information content (AvgIpc) is 3.03. The van der Waals surface area contributed by atoms with Crippen LogP contribution in [-0.4, -0.2) is 34.6 Å². The van der Waals surface area contributed by atoms with Gasteiger partial charge in [0.2, 0.25) is 0 Å². The number of benzene rings is 2. The van der Waals surface area contributed by atoms with Crippen molar-refractivity contribution < 1.29 is 28.4 Å². The zero-order valence-corrected chi connectivity index (χ0v) is 16.6. The molecule has 1 amide bonds. The van der Waals surface area contributed by atoms with E-state index in [0.717, 1.165) is 11.3 Å². The number of aromatic nitrogens is 1. The predicted octanol–water partition coefficient (Wildman–Crippen LogP) is 2.82. The van der Waals surface area contributed by atoms with E-state index in [1.807, 2.05) is 0 Å². The quantitative estimate of drug-likeness (QED) is 0.322. The van der Waals surface area contributed by atoms with Gasteiger partial charge in [-0.05, 0) is 25.1 Å². The third kappa shape index (κ3) is 4.87. The van der Waals surface area contributed by atoms with Crippen LogP contribution < -0.4 is 9.54 Å². The minimum absolute atomic E-state index is 0.0904. The highest BCUT2D eigenvalue weighted by Gasteiger charge is 2.15. The van der Waals surface area contributed by atoms with Gasteiger partial charge in [0.15, 0.2) is 23.0 Å². The molecule has 0 saturated carbocycles. The number of nitro groups is 1. The zero-order valence-electron chi connectivity index (χ0n) is 15.7. The average molecular weight is 433 g/mol. The predicted molar refractivity (Wildman–Crippen MR) is 106 cm³/mol. The molecule has 0 N–H and O–H groups in total. The van der Waals surface area contributed by atoms with Gasteiger partial charge >= 0.3 is 5.97 Å². The summed E-state index contributed by atoms with van der Waals surface area (Å²) in [6.45, 7) is 1.09. The van der Waals surface area contributed by atoms with E-state index < -0.39 is 29.2 Å². The Morgan fingerprint density at radius 1 is 1.27 bits per heavy atom. The number of amides is 1. The van der Waals surface area contributed by atoms with Crippen LogP contribution in [0.5, 0.6) is 5.75 Å². The van der Waals surface area contributed by atoms with E-state index in [2.05, 4.69) is 4.99 Å². The summed E-state index contributed by atoms with van der Waals surface area (Å²) in [6.07, 6.45) is 0. The number of carbonyl (C=O) groups excluding carboxylic acids is 2. The minimum Gasteiger partial charge on any atom is -0.481 e. The van der Waals surface area contributed by atoms with Gasteiger partial charge in [-0.3, -0.25) is 19.7 Å². The van der Waals surface area contributed by atoms with Crippen molar-refractivity contribution in [1.82, 2.24) is 4.57 Å². The van der Waals surface area contributed by atoms with E-state index in [0.29, 0.717) is 10.2 Å². The van der Waals surface area contributed by atoms with Crippen molar-refractivity contribution >= 4 is 39.1 Å². The SMILES string of the molecule is CCOC(=O)Cn1c(=NC(=O)COc2ccccc2F)sc2cc([N+](=O)[O-])ccc21. The summed E-state index contributed by atoms with van der Waals surface area (Å²) < 4.78 is 25.6. The second-order valence-corrected chi connectivity index (χ2v) is 6.92. The number of halogens is 1. The number of para-hydroxylation sites is 1. The summed E-state index contributed by atoms with van der Waals surface area (Å²) in [6, 6.07) is 9.73. The monoisotopic (exact) mass is 433 g/mol. The van der Waals surface area contributed by atoms with Gasteiger partial charge < -0.3 is 14.0 Å². The number of carbonyl (C=O) groups is 2. The number of nitrogens with zero attached hydrogens (tertiary/aromatic N) is 3. The molecule has 3 aromatic rings. The van der Waals surface area contributed by atoms with Crippen LogP contribution in [0.1, 0.15) is 6.92 Å². The van der Waals surface area contributed by atoms with Crippen molar-refractivity contribution in [3.8, 4) is 5.75 Å². The van der Waals surface area contributed by atoms with Crippen LogP contribution in [0.2, 0.25) is 0 Å². The van der Waals surface area contributed by atoms with Crippen LogP contribution in [0, 0.1) is 15.9 Å². The van der Waals surface area contributed by atoms with E-state index in [4.69, 9.17) is 9.47 Å². The van der Waals surface area contributed by atoms with Gasteiger partial charge in [-0.1, -0.05) is 23.5 Å². The molecule has 2 aromatic carbocycles. The zero-order chi connectivity index (χ0) is 21.7. The van der Waals surface area contributed by atoms with Gasteiger partial charge in [0.25, 0.3) is 11.6 Å². The van der Waals surface area contributed by atoms with E-state index >= 15 is 0 Å². The molecular formula is C19H16FN3O6S. The van der Waals surface area contributed by atoms with Crippen molar-refractivity contribution in [1.29, 1.82) is 0 Å². The molecule has 0 saturated heterocycles. The standard InChI is InChI=1S/C19H16FN3O6S/c1-2-28-18(25)10-22-14-8-7-12(23(26)27)9-16(14)30-19(22)21-17(24)11-29-15-6-4-3-5-13(15)20/h3-9H,2,10-11H2,1H3. The van der Waals surface area contributed by atoms with E-state index in [9.17, 15) is 24.1 Å². The smallest absolute Gasteiger partial charge is 0.326 e. The first-order chi connectivity index (χ1) is 14.4. The Morgan fingerprint density at radius 3 is 2.73 bits per heavy atom. The minimum atomic E-state index is -0.711. The number of nitro benzene ring substituents is 1. The summed E-state index contributed by atoms with van der Waals surface area (Å²) in [5.74, 6) is -1.96. The molecule has 0 radical (unpaired) electrons. The molecule has 1 aromatic heterocycles. The van der Waals surface area contributed by atoms with Crippen molar-refractivity contribution in [2.45, 2.75) is 13.5 Å². The Morgan fingerprint density at radius 2 is 2.03 bits per heavy atom.